The molecule has 0 aliphatic rings. The van der Waals surface area contributed by atoms with Gasteiger partial charge in [0.2, 0.25) is 0 Å². The maximum Gasteiger partial charge on any atom is 0.303 e. The van der Waals surface area contributed by atoms with Crippen LogP contribution in [0.5, 0.6) is 0 Å². The van der Waals surface area contributed by atoms with Crippen molar-refractivity contribution in [1.29, 1.82) is 0 Å². The lowest BCUT2D eigenvalue weighted by Crippen LogP contribution is -2.09. The summed E-state index contributed by atoms with van der Waals surface area (Å²) in [5.41, 5.74) is 0.769. The summed E-state index contributed by atoms with van der Waals surface area (Å²) in [4.78, 5) is 12.0. The third kappa shape index (κ3) is 3.58. The Morgan fingerprint density at radius 2 is 2.12 bits per heavy atom. The molecule has 0 bridgehead atoms. The van der Waals surface area contributed by atoms with Crippen molar-refractivity contribution in [2.75, 3.05) is 6.26 Å². The van der Waals surface area contributed by atoms with E-state index in [1.54, 1.807) is 11.8 Å². The Kier molecular flexibility index (Phi) is 4.85. The van der Waals surface area contributed by atoms with Crippen molar-refractivity contribution in [1.82, 2.24) is 0 Å². The minimum Gasteiger partial charge on any atom is -0.452 e. The molecule has 0 aliphatic carbocycles. The van der Waals surface area contributed by atoms with Crippen molar-refractivity contribution in [3.63, 3.8) is 0 Å². The number of thioether (sulfide) groups is 1. The van der Waals surface area contributed by atoms with Gasteiger partial charge in [-0.3, -0.25) is 4.79 Å². The first-order valence-electron chi connectivity index (χ1n) is 4.66. The average molecular weight is 239 g/mol. The topological polar surface area (TPSA) is 58.9 Å². The number of carbonyl (C=O) groups is 1. The molecule has 1 N–H and O–H groups in total. The van der Waals surface area contributed by atoms with Crippen molar-refractivity contribution in [2.45, 2.75) is 17.9 Å². The Morgan fingerprint density at radius 3 is 2.56 bits per heavy atom. The van der Waals surface area contributed by atoms with E-state index in [-0.39, 0.29) is 0 Å². The van der Waals surface area contributed by atoms with Crippen LogP contribution in [0.2, 0.25) is 0 Å². The van der Waals surface area contributed by atoms with Gasteiger partial charge in [-0.25, -0.2) is 0 Å². The number of esters is 1. The van der Waals surface area contributed by atoms with E-state index in [0.29, 0.717) is 0 Å². The zero-order chi connectivity index (χ0) is 12.0. The predicted octanol–water partition coefficient (Wildman–Crippen LogP) is 2.47. The Bertz CT molecular complexity index is 375. The van der Waals surface area contributed by atoms with Crippen LogP contribution in [-0.2, 0) is 9.53 Å². The van der Waals surface area contributed by atoms with Crippen LogP contribution in [0.1, 0.15) is 18.6 Å². The van der Waals surface area contributed by atoms with Crippen LogP contribution < -0.4 is 0 Å². The fourth-order valence-electron chi connectivity index (χ4n) is 1.22. The molecule has 4 nitrogen and oxygen atoms in total. The quantitative estimate of drug-likeness (QED) is 0.288. The molecule has 16 heavy (non-hydrogen) atoms. The highest BCUT2D eigenvalue weighted by atomic mass is 32.2. The lowest BCUT2D eigenvalue weighted by Gasteiger charge is -2.12. The molecular formula is C11H13NO3S. The van der Waals surface area contributed by atoms with Gasteiger partial charge in [0.05, 0.1) is 6.21 Å². The van der Waals surface area contributed by atoms with E-state index in [1.807, 2.05) is 30.5 Å². The highest BCUT2D eigenvalue weighted by Crippen LogP contribution is 2.20. The van der Waals surface area contributed by atoms with Gasteiger partial charge >= 0.3 is 5.97 Å². The van der Waals surface area contributed by atoms with Crippen molar-refractivity contribution in [3.05, 3.63) is 29.8 Å². The molecule has 0 radical (unpaired) electrons. The maximum absolute atomic E-state index is 10.9. The Labute approximate surface area is 98.3 Å². The summed E-state index contributed by atoms with van der Waals surface area (Å²) in [6.07, 6.45) is 2.52. The molecule has 1 unspecified atom stereocenters. The van der Waals surface area contributed by atoms with Crippen molar-refractivity contribution >= 4 is 23.9 Å². The normalized spacial score (nSPS) is 12.6. The minimum absolute atomic E-state index is 0.418. The SMILES string of the molecule is CSc1ccc(C(C=NO)OC(C)=O)cc1. The van der Waals surface area contributed by atoms with Crippen molar-refractivity contribution in [3.8, 4) is 0 Å². The second-order valence-corrected chi connectivity index (χ2v) is 3.95. The molecule has 0 aliphatic heterocycles. The summed E-state index contributed by atoms with van der Waals surface area (Å²) in [5.74, 6) is -0.418. The van der Waals surface area contributed by atoms with Crippen LogP contribution in [-0.4, -0.2) is 23.6 Å². The molecule has 0 saturated heterocycles. The monoisotopic (exact) mass is 239 g/mol. The molecule has 5 heteroatoms. The summed E-state index contributed by atoms with van der Waals surface area (Å²) in [5, 5.41) is 11.4. The molecule has 86 valence electrons. The first kappa shape index (κ1) is 12.6. The Hall–Kier alpha value is -1.49. The first-order chi connectivity index (χ1) is 7.67. The molecule has 1 rings (SSSR count). The van der Waals surface area contributed by atoms with Gasteiger partial charge in [-0.15, -0.1) is 11.8 Å². The fraction of sp³-hybridized carbons (Fsp3) is 0.273. The molecule has 0 amide bonds. The standard InChI is InChI=1S/C11H13NO3S/c1-8(13)15-11(7-12-14)9-3-5-10(16-2)6-4-9/h3-7,11,14H,1-2H3. The van der Waals surface area contributed by atoms with Gasteiger partial charge in [-0.05, 0) is 24.0 Å². The van der Waals surface area contributed by atoms with E-state index >= 15 is 0 Å². The third-order valence-electron chi connectivity index (χ3n) is 1.94. The van der Waals surface area contributed by atoms with Crippen LogP contribution in [0.4, 0.5) is 0 Å². The number of benzene rings is 1. The summed E-state index contributed by atoms with van der Waals surface area (Å²) >= 11 is 1.63. The second-order valence-electron chi connectivity index (χ2n) is 3.07. The number of nitrogens with zero attached hydrogens (tertiary/aromatic N) is 1. The van der Waals surface area contributed by atoms with Crippen molar-refractivity contribution < 1.29 is 14.7 Å². The number of rotatable bonds is 4. The zero-order valence-electron chi connectivity index (χ0n) is 9.08. The molecule has 1 aromatic carbocycles. The summed E-state index contributed by atoms with van der Waals surface area (Å²) in [6.45, 7) is 1.31. The highest BCUT2D eigenvalue weighted by Gasteiger charge is 2.12. The van der Waals surface area contributed by atoms with Crippen LogP contribution >= 0.6 is 11.8 Å². The molecule has 0 fully saturated rings. The van der Waals surface area contributed by atoms with E-state index in [1.165, 1.54) is 13.1 Å². The second kappa shape index (κ2) is 6.17. The molecule has 0 heterocycles. The van der Waals surface area contributed by atoms with Gasteiger partial charge in [0, 0.05) is 11.8 Å². The largest absolute Gasteiger partial charge is 0.452 e. The van der Waals surface area contributed by atoms with Gasteiger partial charge in [0.15, 0.2) is 6.10 Å². The van der Waals surface area contributed by atoms with Gasteiger partial charge < -0.3 is 9.94 Å². The van der Waals surface area contributed by atoms with Crippen LogP contribution in [0.3, 0.4) is 0 Å². The van der Waals surface area contributed by atoms with Gasteiger partial charge in [0.1, 0.15) is 0 Å². The number of hydrogen-bond donors (Lipinski definition) is 1. The Morgan fingerprint density at radius 1 is 1.50 bits per heavy atom. The lowest BCUT2D eigenvalue weighted by molar-refractivity contribution is -0.143. The number of oxime groups is 1. The summed E-state index contributed by atoms with van der Waals surface area (Å²) in [7, 11) is 0. The van der Waals surface area contributed by atoms with Gasteiger partial charge in [-0.2, -0.15) is 0 Å². The predicted molar refractivity (Wildman–Crippen MR) is 63.0 cm³/mol. The molecular weight excluding hydrogens is 226 g/mol. The zero-order valence-corrected chi connectivity index (χ0v) is 9.90. The van der Waals surface area contributed by atoms with Crippen LogP contribution in [0.25, 0.3) is 0 Å². The molecule has 0 saturated carbocycles. The molecule has 1 atom stereocenters. The van der Waals surface area contributed by atoms with E-state index in [2.05, 4.69) is 5.16 Å². The molecule has 1 aromatic rings. The van der Waals surface area contributed by atoms with E-state index < -0.39 is 12.1 Å². The minimum atomic E-state index is -0.640. The highest BCUT2D eigenvalue weighted by molar-refractivity contribution is 7.98. The Balaban J connectivity index is 2.87. The van der Waals surface area contributed by atoms with Gasteiger partial charge in [-0.1, -0.05) is 17.3 Å². The average Bonchev–Trinajstić information content (AvgIpc) is 2.28. The molecule has 0 spiro atoms. The van der Waals surface area contributed by atoms with E-state index in [0.717, 1.165) is 10.5 Å². The lowest BCUT2D eigenvalue weighted by atomic mass is 10.1. The fourth-order valence-corrected chi connectivity index (χ4v) is 1.63. The van der Waals surface area contributed by atoms with E-state index in [9.17, 15) is 4.79 Å². The van der Waals surface area contributed by atoms with Crippen LogP contribution in [0, 0.1) is 0 Å². The first-order valence-corrected chi connectivity index (χ1v) is 5.88. The van der Waals surface area contributed by atoms with Gasteiger partial charge in [0.25, 0.3) is 0 Å². The van der Waals surface area contributed by atoms with E-state index in [4.69, 9.17) is 9.94 Å². The van der Waals surface area contributed by atoms with Crippen LogP contribution in [0.15, 0.2) is 34.3 Å². The maximum atomic E-state index is 10.9. The third-order valence-corrected chi connectivity index (χ3v) is 2.68. The summed E-state index contributed by atoms with van der Waals surface area (Å²) < 4.78 is 5.00. The number of hydrogen-bond acceptors (Lipinski definition) is 5. The number of carbonyl (C=O) groups excluding carboxylic acids is 1. The smallest absolute Gasteiger partial charge is 0.303 e. The molecule has 0 aromatic heterocycles. The van der Waals surface area contributed by atoms with Crippen molar-refractivity contribution in [2.24, 2.45) is 5.16 Å². The number of ether oxygens (including phenoxy) is 1. The summed E-state index contributed by atoms with van der Waals surface area (Å²) in [6, 6.07) is 7.51.